The van der Waals surface area contributed by atoms with E-state index in [9.17, 15) is 4.79 Å². The topological polar surface area (TPSA) is 17.1 Å². The predicted molar refractivity (Wildman–Crippen MR) is 26.4 cm³/mol. The maximum absolute atomic E-state index is 9.52. The number of carbonyl (C=O) groups is 1. The van der Waals surface area contributed by atoms with Crippen molar-refractivity contribution in [1.29, 1.82) is 0 Å². The summed E-state index contributed by atoms with van der Waals surface area (Å²) >= 11 is 10.2. The van der Waals surface area contributed by atoms with E-state index in [0.717, 1.165) is 0 Å². The lowest BCUT2D eigenvalue weighted by atomic mass is 10.5. The normalized spacial score (nSPS) is 13.7. The first-order valence-electron chi connectivity index (χ1n) is 1.46. The number of aldehydes is 1. The van der Waals surface area contributed by atoms with Gasteiger partial charge in [-0.05, 0) is 0 Å². The zero-order valence-electron chi connectivity index (χ0n) is 3.03. The molecule has 0 aromatic rings. The summed E-state index contributed by atoms with van der Waals surface area (Å²) in [7, 11) is 0. The average Bonchev–Trinajstić information content (AvgIpc) is 1.65. The van der Waals surface area contributed by atoms with Gasteiger partial charge in [0.2, 0.25) is 0 Å². The summed E-state index contributed by atoms with van der Waals surface area (Å²) in [5.41, 5.74) is 0. The Hall–Kier alpha value is 0.250. The van der Waals surface area contributed by atoms with E-state index >= 15 is 0 Å². The van der Waals surface area contributed by atoms with Crippen molar-refractivity contribution in [3.05, 3.63) is 0 Å². The van der Waals surface area contributed by atoms with Gasteiger partial charge in [0.15, 0.2) is 0 Å². The summed E-state index contributed by atoms with van der Waals surface area (Å²) in [6.45, 7) is 0. The van der Waals surface area contributed by atoms with Crippen LogP contribution in [0.4, 0.5) is 0 Å². The van der Waals surface area contributed by atoms with Crippen molar-refractivity contribution in [2.45, 2.75) is 5.38 Å². The molecule has 0 spiro atoms. The minimum atomic E-state index is -0.508. The van der Waals surface area contributed by atoms with Crippen LogP contribution in [0.1, 0.15) is 0 Å². The van der Waals surface area contributed by atoms with Crippen LogP contribution in [0.2, 0.25) is 0 Å². The largest absolute Gasteiger partial charge is 0.302 e. The smallest absolute Gasteiger partial charge is 0.139 e. The molecule has 0 aromatic heterocycles. The molecule has 0 bridgehead atoms. The van der Waals surface area contributed by atoms with Gasteiger partial charge in [-0.1, -0.05) is 0 Å². The molecule has 0 rings (SSSR count). The molecule has 0 unspecified atom stereocenters. The SMILES string of the molecule is O=C[C@@H](Cl)CCl. The molecule has 0 aromatic carbocycles. The highest BCUT2D eigenvalue weighted by Gasteiger charge is 1.94. The van der Waals surface area contributed by atoms with Crippen LogP contribution in [-0.4, -0.2) is 17.5 Å². The van der Waals surface area contributed by atoms with Gasteiger partial charge in [0.25, 0.3) is 0 Å². The summed E-state index contributed by atoms with van der Waals surface area (Å²) in [5, 5.41) is -0.508. The lowest BCUT2D eigenvalue weighted by Gasteiger charge is -1.84. The highest BCUT2D eigenvalue weighted by molar-refractivity contribution is 6.33. The van der Waals surface area contributed by atoms with Crippen molar-refractivity contribution < 1.29 is 4.79 Å². The van der Waals surface area contributed by atoms with Crippen LogP contribution < -0.4 is 0 Å². The van der Waals surface area contributed by atoms with Gasteiger partial charge in [-0.15, -0.1) is 23.2 Å². The molecule has 0 heterocycles. The molecule has 3 heteroatoms. The van der Waals surface area contributed by atoms with E-state index < -0.39 is 5.38 Å². The van der Waals surface area contributed by atoms with Gasteiger partial charge in [-0.2, -0.15) is 0 Å². The maximum atomic E-state index is 9.52. The molecule has 0 amide bonds. The van der Waals surface area contributed by atoms with Crippen LogP contribution in [0, 0.1) is 0 Å². The fraction of sp³-hybridized carbons (Fsp3) is 0.667. The Kier molecular flexibility index (Phi) is 3.58. The second-order valence-electron chi connectivity index (χ2n) is 0.806. The van der Waals surface area contributed by atoms with Gasteiger partial charge in [0, 0.05) is 5.88 Å². The highest BCUT2D eigenvalue weighted by Crippen LogP contribution is 1.91. The van der Waals surface area contributed by atoms with E-state index in [1.165, 1.54) is 0 Å². The van der Waals surface area contributed by atoms with E-state index in [2.05, 4.69) is 0 Å². The van der Waals surface area contributed by atoms with Crippen molar-refractivity contribution in [1.82, 2.24) is 0 Å². The number of hydrogen-bond donors (Lipinski definition) is 0. The van der Waals surface area contributed by atoms with Gasteiger partial charge >= 0.3 is 0 Å². The minimum Gasteiger partial charge on any atom is -0.302 e. The predicted octanol–water partition coefficient (Wildman–Crippen LogP) is 1.03. The summed E-state index contributed by atoms with van der Waals surface area (Å²) in [6, 6.07) is 0. The van der Waals surface area contributed by atoms with Crippen LogP contribution in [0.3, 0.4) is 0 Å². The molecular weight excluding hydrogens is 123 g/mol. The quantitative estimate of drug-likeness (QED) is 0.400. The van der Waals surface area contributed by atoms with Gasteiger partial charge in [0.05, 0.1) is 0 Å². The van der Waals surface area contributed by atoms with Crippen molar-refractivity contribution in [2.24, 2.45) is 0 Å². The Balaban J connectivity index is 2.96. The molecule has 36 valence electrons. The third-order valence-electron chi connectivity index (χ3n) is 0.295. The lowest BCUT2D eigenvalue weighted by molar-refractivity contribution is -0.107. The van der Waals surface area contributed by atoms with Crippen LogP contribution >= 0.6 is 23.2 Å². The molecule has 0 saturated carbocycles. The van der Waals surface area contributed by atoms with E-state index in [-0.39, 0.29) is 5.88 Å². The van der Waals surface area contributed by atoms with E-state index in [4.69, 9.17) is 23.2 Å². The van der Waals surface area contributed by atoms with Gasteiger partial charge in [-0.3, -0.25) is 0 Å². The first-order chi connectivity index (χ1) is 2.81. The number of alkyl halides is 2. The molecule has 0 N–H and O–H groups in total. The molecule has 1 nitrogen and oxygen atoms in total. The molecule has 0 aliphatic rings. The number of rotatable bonds is 2. The summed E-state index contributed by atoms with van der Waals surface area (Å²) < 4.78 is 0. The van der Waals surface area contributed by atoms with E-state index in [1.807, 2.05) is 0 Å². The minimum absolute atomic E-state index is 0.199. The Labute approximate surface area is 46.2 Å². The molecule has 0 fully saturated rings. The molecule has 0 aliphatic carbocycles. The standard InChI is InChI=1S/C3H4Cl2O/c4-1-3(5)2-6/h2-3H,1H2/t3-/m0/s1. The average molecular weight is 127 g/mol. The zero-order valence-corrected chi connectivity index (χ0v) is 4.54. The fourth-order valence-electron chi connectivity index (χ4n) is 0.0364. The second-order valence-corrected chi connectivity index (χ2v) is 1.68. The van der Waals surface area contributed by atoms with Crippen molar-refractivity contribution >= 4 is 29.5 Å². The monoisotopic (exact) mass is 126 g/mol. The molecule has 1 atom stereocenters. The highest BCUT2D eigenvalue weighted by atomic mass is 35.5. The Morgan fingerprint density at radius 3 is 2.33 bits per heavy atom. The Morgan fingerprint density at radius 2 is 2.33 bits per heavy atom. The third kappa shape index (κ3) is 2.49. The van der Waals surface area contributed by atoms with E-state index in [1.54, 1.807) is 0 Å². The maximum Gasteiger partial charge on any atom is 0.139 e. The zero-order chi connectivity index (χ0) is 4.99. The van der Waals surface area contributed by atoms with Crippen molar-refractivity contribution in [3.8, 4) is 0 Å². The summed E-state index contributed by atoms with van der Waals surface area (Å²) in [5.74, 6) is 0.199. The number of carbonyl (C=O) groups excluding carboxylic acids is 1. The summed E-state index contributed by atoms with van der Waals surface area (Å²) in [4.78, 5) is 9.52. The Morgan fingerprint density at radius 1 is 1.83 bits per heavy atom. The molecular formula is C3H4Cl2O. The van der Waals surface area contributed by atoms with Crippen molar-refractivity contribution in [2.75, 3.05) is 5.88 Å². The molecule has 0 saturated heterocycles. The van der Waals surface area contributed by atoms with Crippen LogP contribution in [0.15, 0.2) is 0 Å². The van der Waals surface area contributed by atoms with Gasteiger partial charge in [0.1, 0.15) is 11.7 Å². The number of hydrogen-bond acceptors (Lipinski definition) is 1. The molecule has 0 radical (unpaired) electrons. The molecule has 0 aliphatic heterocycles. The van der Waals surface area contributed by atoms with E-state index in [0.29, 0.717) is 6.29 Å². The summed E-state index contributed by atoms with van der Waals surface area (Å²) in [6.07, 6.45) is 0.606. The fourth-order valence-corrected chi connectivity index (χ4v) is 0.109. The van der Waals surface area contributed by atoms with Gasteiger partial charge in [-0.25, -0.2) is 0 Å². The first-order valence-corrected chi connectivity index (χ1v) is 2.43. The van der Waals surface area contributed by atoms with Crippen molar-refractivity contribution in [3.63, 3.8) is 0 Å². The van der Waals surface area contributed by atoms with Crippen LogP contribution in [0.5, 0.6) is 0 Å². The third-order valence-corrected chi connectivity index (χ3v) is 1.04. The lowest BCUT2D eigenvalue weighted by Crippen LogP contribution is -1.98. The molecule has 6 heavy (non-hydrogen) atoms. The van der Waals surface area contributed by atoms with Crippen LogP contribution in [0.25, 0.3) is 0 Å². The number of halogens is 2. The van der Waals surface area contributed by atoms with Crippen LogP contribution in [-0.2, 0) is 4.79 Å². The second kappa shape index (κ2) is 3.44. The van der Waals surface area contributed by atoms with Gasteiger partial charge < -0.3 is 4.79 Å². The first kappa shape index (κ1) is 6.25. The Bertz CT molecular complexity index is 46.1.